The van der Waals surface area contributed by atoms with E-state index in [-0.39, 0.29) is 6.04 Å². The van der Waals surface area contributed by atoms with Gasteiger partial charge in [-0.1, -0.05) is 18.2 Å². The van der Waals surface area contributed by atoms with Gasteiger partial charge in [0.2, 0.25) is 0 Å². The Balaban J connectivity index is 1.88. The molecule has 0 bridgehead atoms. The van der Waals surface area contributed by atoms with Crippen molar-refractivity contribution in [3.05, 3.63) is 53.1 Å². The predicted octanol–water partition coefficient (Wildman–Crippen LogP) is 2.88. The lowest BCUT2D eigenvalue weighted by atomic mass is 9.89. The molecule has 0 aliphatic carbocycles. The molecule has 1 atom stereocenters. The number of rotatable bonds is 7. The Morgan fingerprint density at radius 2 is 1.96 bits per heavy atom. The van der Waals surface area contributed by atoms with Gasteiger partial charge in [-0.2, -0.15) is 0 Å². The largest absolute Gasteiger partial charge is 0.493 e. The van der Waals surface area contributed by atoms with Crippen molar-refractivity contribution in [1.82, 2.24) is 10.2 Å². The van der Waals surface area contributed by atoms with Gasteiger partial charge in [0.15, 0.2) is 11.5 Å². The summed E-state index contributed by atoms with van der Waals surface area (Å²) in [5.41, 5.74) is 3.65. The summed E-state index contributed by atoms with van der Waals surface area (Å²) in [4.78, 5) is 2.11. The van der Waals surface area contributed by atoms with E-state index in [1.54, 1.807) is 14.2 Å². The normalized spacial score (nSPS) is 16.3. The van der Waals surface area contributed by atoms with Crippen molar-refractivity contribution in [1.29, 1.82) is 0 Å². The SMILES string of the molecule is COc1ccc2c(c1OC)CCNC2c1cccc(OCCN(C)C)c1. The van der Waals surface area contributed by atoms with E-state index in [0.717, 1.165) is 36.8 Å². The van der Waals surface area contributed by atoms with Crippen molar-refractivity contribution in [2.24, 2.45) is 0 Å². The first-order valence-corrected chi connectivity index (χ1v) is 8.98. The number of fused-ring (bicyclic) bond motifs is 1. The van der Waals surface area contributed by atoms with E-state index >= 15 is 0 Å². The van der Waals surface area contributed by atoms with Gasteiger partial charge in [0, 0.05) is 18.7 Å². The molecule has 0 aromatic heterocycles. The highest BCUT2D eigenvalue weighted by molar-refractivity contribution is 5.54. The van der Waals surface area contributed by atoms with Crippen LogP contribution in [0.1, 0.15) is 22.7 Å². The Kier molecular flexibility index (Phi) is 6.01. The van der Waals surface area contributed by atoms with Gasteiger partial charge < -0.3 is 24.4 Å². The molecule has 1 N–H and O–H groups in total. The first-order chi connectivity index (χ1) is 12.6. The molecule has 1 unspecified atom stereocenters. The number of likely N-dealkylation sites (N-methyl/N-ethyl adjacent to an activating group) is 1. The van der Waals surface area contributed by atoms with Gasteiger partial charge in [0.1, 0.15) is 12.4 Å². The summed E-state index contributed by atoms with van der Waals surface area (Å²) in [5, 5.41) is 3.62. The van der Waals surface area contributed by atoms with E-state index in [4.69, 9.17) is 14.2 Å². The van der Waals surface area contributed by atoms with Crippen LogP contribution in [0, 0.1) is 0 Å². The monoisotopic (exact) mass is 356 g/mol. The smallest absolute Gasteiger partial charge is 0.164 e. The maximum Gasteiger partial charge on any atom is 0.164 e. The van der Waals surface area contributed by atoms with Crippen LogP contribution in [0.2, 0.25) is 0 Å². The van der Waals surface area contributed by atoms with Gasteiger partial charge >= 0.3 is 0 Å². The highest BCUT2D eigenvalue weighted by Crippen LogP contribution is 2.40. The molecule has 0 saturated carbocycles. The van der Waals surface area contributed by atoms with Gasteiger partial charge in [-0.05, 0) is 49.8 Å². The molecule has 3 rings (SSSR count). The molecule has 5 heteroatoms. The number of hydrogen-bond donors (Lipinski definition) is 1. The molecule has 1 aliphatic heterocycles. The third-order valence-corrected chi connectivity index (χ3v) is 4.72. The van der Waals surface area contributed by atoms with Gasteiger partial charge in [0.05, 0.1) is 20.3 Å². The van der Waals surface area contributed by atoms with Crippen molar-refractivity contribution in [3.63, 3.8) is 0 Å². The summed E-state index contributed by atoms with van der Waals surface area (Å²) < 4.78 is 17.0. The van der Waals surface area contributed by atoms with Crippen LogP contribution >= 0.6 is 0 Å². The summed E-state index contributed by atoms with van der Waals surface area (Å²) in [6.45, 7) is 2.47. The highest BCUT2D eigenvalue weighted by atomic mass is 16.5. The Morgan fingerprint density at radius 1 is 1.12 bits per heavy atom. The third-order valence-electron chi connectivity index (χ3n) is 4.72. The van der Waals surface area contributed by atoms with Crippen LogP contribution in [0.5, 0.6) is 17.2 Å². The molecule has 26 heavy (non-hydrogen) atoms. The average Bonchev–Trinajstić information content (AvgIpc) is 2.66. The van der Waals surface area contributed by atoms with Crippen molar-refractivity contribution in [2.75, 3.05) is 48.0 Å². The van der Waals surface area contributed by atoms with E-state index in [9.17, 15) is 0 Å². The number of hydrogen-bond acceptors (Lipinski definition) is 5. The first kappa shape index (κ1) is 18.5. The second kappa shape index (κ2) is 8.43. The molecule has 1 aliphatic rings. The summed E-state index contributed by atoms with van der Waals surface area (Å²) >= 11 is 0. The second-order valence-electron chi connectivity index (χ2n) is 6.73. The van der Waals surface area contributed by atoms with Crippen LogP contribution in [0.15, 0.2) is 36.4 Å². The summed E-state index contributed by atoms with van der Waals surface area (Å²) in [5.74, 6) is 2.53. The van der Waals surface area contributed by atoms with Gasteiger partial charge in [-0.25, -0.2) is 0 Å². The Hall–Kier alpha value is -2.24. The lowest BCUT2D eigenvalue weighted by Crippen LogP contribution is -2.31. The maximum absolute atomic E-state index is 5.90. The Bertz CT molecular complexity index is 746. The standard InChI is InChI=1S/C21H28N2O3/c1-23(2)12-13-26-16-7-5-6-15(14-16)20-17-8-9-19(24-3)21(25-4)18(17)10-11-22-20/h5-9,14,20,22H,10-13H2,1-4H3. The molecule has 5 nitrogen and oxygen atoms in total. The zero-order valence-electron chi connectivity index (χ0n) is 16.0. The number of nitrogens with zero attached hydrogens (tertiary/aromatic N) is 1. The van der Waals surface area contributed by atoms with Crippen LogP contribution < -0.4 is 19.5 Å². The first-order valence-electron chi connectivity index (χ1n) is 8.98. The molecule has 0 amide bonds. The molecular formula is C21H28N2O3. The van der Waals surface area contributed by atoms with Crippen LogP contribution in [0.3, 0.4) is 0 Å². The highest BCUT2D eigenvalue weighted by Gasteiger charge is 2.26. The minimum absolute atomic E-state index is 0.121. The molecule has 140 valence electrons. The van der Waals surface area contributed by atoms with E-state index < -0.39 is 0 Å². The minimum Gasteiger partial charge on any atom is -0.493 e. The minimum atomic E-state index is 0.121. The van der Waals surface area contributed by atoms with Crippen LogP contribution in [-0.2, 0) is 6.42 Å². The number of benzene rings is 2. The zero-order chi connectivity index (χ0) is 18.5. The fourth-order valence-corrected chi connectivity index (χ4v) is 3.41. The molecule has 0 radical (unpaired) electrons. The number of methoxy groups -OCH3 is 2. The zero-order valence-corrected chi connectivity index (χ0v) is 16.0. The lowest BCUT2D eigenvalue weighted by molar-refractivity contribution is 0.261. The van der Waals surface area contributed by atoms with E-state index in [2.05, 4.69) is 34.5 Å². The fourth-order valence-electron chi connectivity index (χ4n) is 3.41. The topological polar surface area (TPSA) is 43.0 Å². The molecule has 2 aromatic carbocycles. The molecular weight excluding hydrogens is 328 g/mol. The molecule has 0 fully saturated rings. The van der Waals surface area contributed by atoms with Crippen molar-refractivity contribution >= 4 is 0 Å². The molecule has 0 saturated heterocycles. The van der Waals surface area contributed by atoms with Gasteiger partial charge in [0.25, 0.3) is 0 Å². The summed E-state index contributed by atoms with van der Waals surface area (Å²) in [7, 11) is 7.47. The molecule has 0 spiro atoms. The van der Waals surface area contributed by atoms with E-state index in [1.165, 1.54) is 16.7 Å². The average molecular weight is 356 g/mol. The van der Waals surface area contributed by atoms with Crippen molar-refractivity contribution in [2.45, 2.75) is 12.5 Å². The van der Waals surface area contributed by atoms with Crippen molar-refractivity contribution < 1.29 is 14.2 Å². The number of ether oxygens (including phenoxy) is 3. The van der Waals surface area contributed by atoms with Crippen LogP contribution in [0.4, 0.5) is 0 Å². The van der Waals surface area contributed by atoms with Gasteiger partial charge in [-0.15, -0.1) is 0 Å². The lowest BCUT2D eigenvalue weighted by Gasteiger charge is -2.29. The summed E-state index contributed by atoms with van der Waals surface area (Å²) in [6.07, 6.45) is 0.922. The summed E-state index contributed by atoms with van der Waals surface area (Å²) in [6, 6.07) is 12.6. The number of nitrogens with one attached hydrogen (secondary N) is 1. The molecule has 2 aromatic rings. The molecule has 1 heterocycles. The van der Waals surface area contributed by atoms with Crippen LogP contribution in [-0.4, -0.2) is 52.9 Å². The van der Waals surface area contributed by atoms with Crippen molar-refractivity contribution in [3.8, 4) is 17.2 Å². The maximum atomic E-state index is 5.90. The third kappa shape index (κ3) is 3.94. The Labute approximate surface area is 155 Å². The quantitative estimate of drug-likeness (QED) is 0.826. The predicted molar refractivity (Wildman–Crippen MR) is 104 cm³/mol. The van der Waals surface area contributed by atoms with Crippen LogP contribution in [0.25, 0.3) is 0 Å². The van der Waals surface area contributed by atoms with Gasteiger partial charge in [-0.3, -0.25) is 0 Å². The van der Waals surface area contributed by atoms with E-state index in [1.807, 2.05) is 26.2 Å². The van der Waals surface area contributed by atoms with E-state index in [0.29, 0.717) is 6.61 Å². The second-order valence-corrected chi connectivity index (χ2v) is 6.73. The Morgan fingerprint density at radius 3 is 2.69 bits per heavy atom. The fraction of sp³-hybridized carbons (Fsp3) is 0.429.